The molecule has 2 N–H and O–H groups in total. The number of methoxy groups -OCH3 is 1. The van der Waals surface area contributed by atoms with Crippen molar-refractivity contribution in [2.24, 2.45) is 5.41 Å². The van der Waals surface area contributed by atoms with E-state index in [4.69, 9.17) is 4.74 Å². The molecular weight excluding hydrogens is 264 g/mol. The highest BCUT2D eigenvalue weighted by atomic mass is 16.5. The number of carbonyl (C=O) groups excluding carboxylic acids is 1. The van der Waals surface area contributed by atoms with E-state index >= 15 is 0 Å². The Morgan fingerprint density at radius 2 is 1.90 bits per heavy atom. The quantitative estimate of drug-likeness (QED) is 0.890. The Hall–Kier alpha value is -2.49. The lowest BCUT2D eigenvalue weighted by molar-refractivity contribution is -0.125. The number of nitrogens with one attached hydrogen (secondary N) is 2. The minimum absolute atomic E-state index is 0.0269. The lowest BCUT2D eigenvalue weighted by Gasteiger charge is -2.15. The smallest absolute Gasteiger partial charge is 0.249 e. The fourth-order valence-electron chi connectivity index (χ4n) is 2.48. The molecule has 0 atom stereocenters. The summed E-state index contributed by atoms with van der Waals surface area (Å²) in [7, 11) is 1.66. The van der Waals surface area contributed by atoms with Crippen molar-refractivity contribution in [3.63, 3.8) is 0 Å². The van der Waals surface area contributed by atoms with Gasteiger partial charge in [0.05, 0.1) is 12.5 Å². The van der Waals surface area contributed by atoms with Crippen molar-refractivity contribution in [1.29, 1.82) is 0 Å². The van der Waals surface area contributed by atoms with Crippen molar-refractivity contribution in [2.45, 2.75) is 13.8 Å². The molecule has 1 fully saturated rings. The Kier molecular flexibility index (Phi) is 3.09. The fourth-order valence-corrected chi connectivity index (χ4v) is 2.48. The molecule has 0 saturated carbocycles. The highest BCUT2D eigenvalue weighted by molar-refractivity contribution is 5.94. The maximum absolute atomic E-state index is 11.8. The minimum Gasteiger partial charge on any atom is -0.497 e. The average molecular weight is 282 g/mol. The molecule has 0 unspecified atom stereocenters. The van der Waals surface area contributed by atoms with Gasteiger partial charge in [0, 0.05) is 5.70 Å². The van der Waals surface area contributed by atoms with E-state index in [0.717, 1.165) is 27.8 Å². The summed E-state index contributed by atoms with van der Waals surface area (Å²) in [5.41, 5.74) is 6.95. The summed E-state index contributed by atoms with van der Waals surface area (Å²) in [4.78, 5) is 11.8. The number of hydrogen-bond donors (Lipinski definition) is 2. The van der Waals surface area contributed by atoms with E-state index in [1.807, 2.05) is 44.2 Å². The second-order valence-corrected chi connectivity index (χ2v) is 5.70. The van der Waals surface area contributed by atoms with Crippen LogP contribution >= 0.6 is 0 Å². The highest BCUT2D eigenvalue weighted by Gasteiger charge is 2.37. The van der Waals surface area contributed by atoms with Crippen LogP contribution in [0.5, 0.6) is 5.75 Å². The van der Waals surface area contributed by atoms with Gasteiger partial charge in [0.15, 0.2) is 0 Å². The van der Waals surface area contributed by atoms with Crippen LogP contribution in [0.2, 0.25) is 0 Å². The topological polar surface area (TPSA) is 50.4 Å². The first kappa shape index (κ1) is 13.5. The zero-order valence-corrected chi connectivity index (χ0v) is 12.4. The lowest BCUT2D eigenvalue weighted by atomic mass is 9.88. The van der Waals surface area contributed by atoms with Crippen LogP contribution in [0.3, 0.4) is 0 Å². The van der Waals surface area contributed by atoms with E-state index in [2.05, 4.69) is 23.0 Å². The molecule has 0 radical (unpaired) electrons. The molecule has 1 amide bonds. The summed E-state index contributed by atoms with van der Waals surface area (Å²) < 4.78 is 5.37. The maximum Gasteiger partial charge on any atom is 0.249 e. The number of rotatable bonds is 2. The number of ether oxygens (including phenoxy) is 1. The number of hydrogen-bond acceptors (Lipinski definition) is 3. The van der Waals surface area contributed by atoms with Gasteiger partial charge in [-0.2, -0.15) is 0 Å². The Bertz CT molecular complexity index is 748. The Balaban J connectivity index is 2.18. The van der Waals surface area contributed by atoms with Gasteiger partial charge < -0.3 is 10.2 Å². The van der Waals surface area contributed by atoms with Gasteiger partial charge in [0.25, 0.3) is 0 Å². The van der Waals surface area contributed by atoms with Gasteiger partial charge in [-0.15, -0.1) is 0 Å². The standard InChI is InChI=1S/C17H18N2O2/c1-17(2)15(18-19-16(17)20)10-12-9-13(21-3)8-11-6-4-5-7-14(11)12/h4-10,18H,1-3H3,(H,19,20)/b15-10-. The molecular formula is C17H18N2O2. The van der Waals surface area contributed by atoms with E-state index < -0.39 is 5.41 Å². The summed E-state index contributed by atoms with van der Waals surface area (Å²) in [6.07, 6.45) is 2.00. The first-order valence-corrected chi connectivity index (χ1v) is 6.88. The van der Waals surface area contributed by atoms with Crippen molar-refractivity contribution >= 4 is 22.8 Å². The summed E-state index contributed by atoms with van der Waals surface area (Å²) in [6, 6.07) is 12.1. The van der Waals surface area contributed by atoms with Crippen LogP contribution in [0.15, 0.2) is 42.1 Å². The summed E-state index contributed by atoms with van der Waals surface area (Å²) in [6.45, 7) is 3.80. The molecule has 1 heterocycles. The molecule has 108 valence electrons. The molecule has 2 aromatic carbocycles. The van der Waals surface area contributed by atoms with Crippen LogP contribution in [0.1, 0.15) is 19.4 Å². The largest absolute Gasteiger partial charge is 0.497 e. The van der Waals surface area contributed by atoms with Crippen molar-refractivity contribution < 1.29 is 9.53 Å². The van der Waals surface area contributed by atoms with Gasteiger partial charge in [-0.05, 0) is 48.4 Å². The van der Waals surface area contributed by atoms with Gasteiger partial charge in [-0.3, -0.25) is 10.2 Å². The normalized spacial score (nSPS) is 18.6. The zero-order valence-electron chi connectivity index (χ0n) is 12.4. The number of benzene rings is 2. The molecule has 21 heavy (non-hydrogen) atoms. The molecule has 1 aliphatic rings. The van der Waals surface area contributed by atoms with Crippen molar-refractivity contribution in [3.05, 3.63) is 47.7 Å². The van der Waals surface area contributed by atoms with Crippen LogP contribution in [-0.4, -0.2) is 13.0 Å². The van der Waals surface area contributed by atoms with Gasteiger partial charge in [-0.25, -0.2) is 0 Å². The van der Waals surface area contributed by atoms with E-state index in [1.54, 1.807) is 7.11 Å². The Labute approximate surface area is 123 Å². The first-order chi connectivity index (χ1) is 10.0. The molecule has 0 aromatic heterocycles. The predicted molar refractivity (Wildman–Crippen MR) is 83.5 cm³/mol. The van der Waals surface area contributed by atoms with Crippen molar-refractivity contribution in [2.75, 3.05) is 7.11 Å². The molecule has 1 aliphatic heterocycles. The van der Waals surface area contributed by atoms with Gasteiger partial charge in [0.1, 0.15) is 5.75 Å². The second-order valence-electron chi connectivity index (χ2n) is 5.70. The number of fused-ring (bicyclic) bond motifs is 1. The zero-order chi connectivity index (χ0) is 15.0. The summed E-state index contributed by atoms with van der Waals surface area (Å²) >= 11 is 0. The maximum atomic E-state index is 11.8. The van der Waals surface area contributed by atoms with E-state index in [0.29, 0.717) is 0 Å². The van der Waals surface area contributed by atoms with E-state index in [1.165, 1.54) is 0 Å². The molecule has 0 aliphatic carbocycles. The third-order valence-electron chi connectivity index (χ3n) is 3.95. The van der Waals surface area contributed by atoms with Crippen LogP contribution in [-0.2, 0) is 4.79 Å². The molecule has 2 aromatic rings. The third kappa shape index (κ3) is 2.23. The molecule has 1 saturated heterocycles. The molecule has 4 nitrogen and oxygen atoms in total. The fraction of sp³-hybridized carbons (Fsp3) is 0.235. The van der Waals surface area contributed by atoms with Gasteiger partial charge in [0.2, 0.25) is 5.91 Å². The van der Waals surface area contributed by atoms with Gasteiger partial charge >= 0.3 is 0 Å². The molecule has 3 rings (SSSR count). The van der Waals surface area contributed by atoms with Gasteiger partial charge in [-0.1, -0.05) is 24.3 Å². The summed E-state index contributed by atoms with van der Waals surface area (Å²) in [5, 5.41) is 2.24. The van der Waals surface area contributed by atoms with Crippen molar-refractivity contribution in [1.82, 2.24) is 10.9 Å². The average Bonchev–Trinajstić information content (AvgIpc) is 2.73. The summed E-state index contributed by atoms with van der Waals surface area (Å²) in [5.74, 6) is 0.775. The van der Waals surface area contributed by atoms with Crippen molar-refractivity contribution in [3.8, 4) is 5.75 Å². The van der Waals surface area contributed by atoms with Crippen LogP contribution < -0.4 is 15.6 Å². The highest BCUT2D eigenvalue weighted by Crippen LogP contribution is 2.32. The third-order valence-corrected chi connectivity index (χ3v) is 3.95. The number of hydrazine groups is 1. The van der Waals surface area contributed by atoms with E-state index in [9.17, 15) is 4.79 Å². The SMILES string of the molecule is COc1cc(/C=C2\NNC(=O)C2(C)C)c2ccccc2c1. The Morgan fingerprint density at radius 3 is 2.57 bits per heavy atom. The molecule has 0 spiro atoms. The predicted octanol–water partition coefficient (Wildman–Crippen LogP) is 2.85. The van der Waals surface area contributed by atoms with Crippen LogP contribution in [0.25, 0.3) is 16.8 Å². The first-order valence-electron chi connectivity index (χ1n) is 6.88. The number of carbonyl (C=O) groups is 1. The van der Waals surface area contributed by atoms with Crippen LogP contribution in [0, 0.1) is 5.41 Å². The lowest BCUT2D eigenvalue weighted by Crippen LogP contribution is -2.28. The number of amides is 1. The monoisotopic (exact) mass is 282 g/mol. The minimum atomic E-state index is -0.565. The molecule has 4 heteroatoms. The van der Waals surface area contributed by atoms with Crippen LogP contribution in [0.4, 0.5) is 0 Å². The van der Waals surface area contributed by atoms with E-state index in [-0.39, 0.29) is 5.91 Å². The second kappa shape index (κ2) is 4.81. The Morgan fingerprint density at radius 1 is 1.14 bits per heavy atom. The molecule has 0 bridgehead atoms.